The minimum atomic E-state index is -0.220. The van der Waals surface area contributed by atoms with Crippen molar-refractivity contribution in [2.45, 2.75) is 37.2 Å². The van der Waals surface area contributed by atoms with Crippen LogP contribution in [0.4, 0.5) is 4.39 Å². The lowest BCUT2D eigenvalue weighted by atomic mass is 9.97. The number of hydrogen-bond donors (Lipinski definition) is 3. The summed E-state index contributed by atoms with van der Waals surface area (Å²) in [5, 5.41) is 10.4. The number of thiol groups is 1. The zero-order valence-corrected chi connectivity index (χ0v) is 18.0. The maximum absolute atomic E-state index is 12.1. The van der Waals surface area contributed by atoms with E-state index >= 15 is 0 Å². The van der Waals surface area contributed by atoms with E-state index in [1.165, 1.54) is 24.1 Å². The van der Waals surface area contributed by atoms with Gasteiger partial charge >= 0.3 is 0 Å². The van der Waals surface area contributed by atoms with Gasteiger partial charge in [0, 0.05) is 41.5 Å². The molecule has 4 heterocycles. The van der Waals surface area contributed by atoms with Gasteiger partial charge in [0.1, 0.15) is 5.82 Å². The molecular weight excluding hydrogens is 397 g/mol. The van der Waals surface area contributed by atoms with Crippen LogP contribution in [0.3, 0.4) is 0 Å². The number of H-pyrrole nitrogens is 1. The fourth-order valence-corrected chi connectivity index (χ4v) is 4.07. The number of fused-ring (bicyclic) bond motifs is 1. The molecule has 1 aliphatic heterocycles. The van der Waals surface area contributed by atoms with Crippen molar-refractivity contribution in [2.75, 3.05) is 6.54 Å². The fraction of sp³-hybridized carbons (Fsp3) is 0.304. The first-order valence-corrected chi connectivity index (χ1v) is 10.5. The van der Waals surface area contributed by atoms with Crippen molar-refractivity contribution in [1.29, 1.82) is 0 Å². The Labute approximate surface area is 181 Å². The molecule has 0 bridgehead atoms. The quantitative estimate of drug-likeness (QED) is 0.410. The van der Waals surface area contributed by atoms with Crippen LogP contribution < -0.4 is 5.32 Å². The normalized spacial score (nSPS) is 17.7. The van der Waals surface area contributed by atoms with E-state index < -0.39 is 0 Å². The van der Waals surface area contributed by atoms with Crippen LogP contribution in [0.15, 0.2) is 66.0 Å². The Hall–Kier alpha value is -2.64. The fourth-order valence-electron chi connectivity index (χ4n) is 3.92. The first kappa shape index (κ1) is 20.6. The number of rotatable bonds is 3. The average molecular weight is 424 g/mol. The second-order valence-corrected chi connectivity index (χ2v) is 8.88. The SMILES string of the molecule is CC1(C)CC(Cn2ccc3nc(-c4cn[nH]c4)ccc32)CN1.Fc1ccc(S)cc1. The van der Waals surface area contributed by atoms with E-state index in [1.54, 1.807) is 18.3 Å². The molecule has 5 rings (SSSR count). The van der Waals surface area contributed by atoms with Gasteiger partial charge in [-0.1, -0.05) is 0 Å². The highest BCUT2D eigenvalue weighted by Crippen LogP contribution is 2.27. The van der Waals surface area contributed by atoms with Crippen molar-refractivity contribution in [1.82, 2.24) is 25.1 Å². The van der Waals surface area contributed by atoms with Gasteiger partial charge in [-0.15, -0.1) is 12.6 Å². The van der Waals surface area contributed by atoms with Crippen molar-refractivity contribution in [2.24, 2.45) is 5.92 Å². The van der Waals surface area contributed by atoms with Gasteiger partial charge in [-0.3, -0.25) is 5.10 Å². The van der Waals surface area contributed by atoms with Crippen molar-refractivity contribution < 1.29 is 4.39 Å². The third-order valence-corrected chi connectivity index (χ3v) is 5.67. The minimum Gasteiger partial charge on any atom is -0.346 e. The smallest absolute Gasteiger partial charge is 0.123 e. The molecule has 0 saturated carbocycles. The minimum absolute atomic E-state index is 0.220. The monoisotopic (exact) mass is 423 g/mol. The molecule has 30 heavy (non-hydrogen) atoms. The Morgan fingerprint density at radius 2 is 1.97 bits per heavy atom. The van der Waals surface area contributed by atoms with Gasteiger partial charge in [0.05, 0.1) is 22.9 Å². The molecular formula is C23H26FN5S. The lowest BCUT2D eigenvalue weighted by Crippen LogP contribution is -2.31. The summed E-state index contributed by atoms with van der Waals surface area (Å²) < 4.78 is 14.4. The summed E-state index contributed by atoms with van der Waals surface area (Å²) in [6.45, 7) is 6.69. The van der Waals surface area contributed by atoms with Gasteiger partial charge < -0.3 is 9.88 Å². The van der Waals surface area contributed by atoms with Crippen molar-refractivity contribution in [3.05, 3.63) is 66.9 Å². The predicted octanol–water partition coefficient (Wildman–Crippen LogP) is 4.93. The van der Waals surface area contributed by atoms with E-state index in [0.29, 0.717) is 5.92 Å². The molecule has 1 aromatic carbocycles. The molecule has 5 nitrogen and oxygen atoms in total. The largest absolute Gasteiger partial charge is 0.346 e. The zero-order chi connectivity index (χ0) is 21.1. The summed E-state index contributed by atoms with van der Waals surface area (Å²) in [6, 6.07) is 12.3. The van der Waals surface area contributed by atoms with Crippen molar-refractivity contribution in [3.63, 3.8) is 0 Å². The molecule has 0 spiro atoms. The summed E-state index contributed by atoms with van der Waals surface area (Å²) in [4.78, 5) is 5.53. The highest BCUT2D eigenvalue weighted by molar-refractivity contribution is 7.80. The maximum Gasteiger partial charge on any atom is 0.123 e. The Balaban J connectivity index is 0.000000230. The molecule has 0 aliphatic carbocycles. The second kappa shape index (κ2) is 8.62. The number of aromatic amines is 1. The zero-order valence-electron chi connectivity index (χ0n) is 17.1. The van der Waals surface area contributed by atoms with E-state index in [1.807, 2.05) is 6.20 Å². The van der Waals surface area contributed by atoms with Crippen LogP contribution >= 0.6 is 12.6 Å². The molecule has 2 N–H and O–H groups in total. The molecule has 1 fully saturated rings. The lowest BCUT2D eigenvalue weighted by molar-refractivity contribution is 0.421. The van der Waals surface area contributed by atoms with E-state index in [4.69, 9.17) is 4.98 Å². The molecule has 1 saturated heterocycles. The van der Waals surface area contributed by atoms with Crippen LogP contribution in [-0.2, 0) is 6.54 Å². The van der Waals surface area contributed by atoms with E-state index in [-0.39, 0.29) is 11.4 Å². The molecule has 1 atom stereocenters. The van der Waals surface area contributed by atoms with Crippen LogP contribution in [0.2, 0.25) is 0 Å². The molecule has 1 unspecified atom stereocenters. The van der Waals surface area contributed by atoms with Gasteiger partial charge in [-0.2, -0.15) is 5.10 Å². The lowest BCUT2D eigenvalue weighted by Gasteiger charge is -2.17. The predicted molar refractivity (Wildman–Crippen MR) is 121 cm³/mol. The summed E-state index contributed by atoms with van der Waals surface area (Å²) in [5.41, 5.74) is 4.50. The van der Waals surface area contributed by atoms with E-state index in [2.05, 4.69) is 71.0 Å². The number of halogens is 1. The van der Waals surface area contributed by atoms with Crippen LogP contribution in [0, 0.1) is 11.7 Å². The topological polar surface area (TPSA) is 58.5 Å². The van der Waals surface area contributed by atoms with E-state index in [9.17, 15) is 4.39 Å². The number of pyridine rings is 1. The number of hydrogen-bond acceptors (Lipinski definition) is 4. The first-order chi connectivity index (χ1) is 14.4. The third-order valence-electron chi connectivity index (χ3n) is 5.37. The Bertz CT molecular complexity index is 1080. The second-order valence-electron chi connectivity index (χ2n) is 8.37. The summed E-state index contributed by atoms with van der Waals surface area (Å²) in [5.74, 6) is 0.460. The molecule has 4 aromatic rings. The Morgan fingerprint density at radius 3 is 2.60 bits per heavy atom. The van der Waals surface area contributed by atoms with Gasteiger partial charge in [-0.05, 0) is 68.7 Å². The van der Waals surface area contributed by atoms with Gasteiger partial charge in [0.2, 0.25) is 0 Å². The summed E-state index contributed by atoms with van der Waals surface area (Å²) in [6.07, 6.45) is 7.05. The maximum atomic E-state index is 12.1. The van der Waals surface area contributed by atoms with Gasteiger partial charge in [-0.25, -0.2) is 9.37 Å². The first-order valence-electron chi connectivity index (χ1n) is 10.0. The average Bonchev–Trinajstić information content (AvgIpc) is 3.45. The highest BCUT2D eigenvalue weighted by Gasteiger charge is 2.30. The van der Waals surface area contributed by atoms with Crippen molar-refractivity contribution >= 4 is 23.7 Å². The van der Waals surface area contributed by atoms with E-state index in [0.717, 1.165) is 34.8 Å². The molecule has 156 valence electrons. The van der Waals surface area contributed by atoms with Crippen LogP contribution in [0.25, 0.3) is 22.3 Å². The third kappa shape index (κ3) is 4.91. The summed E-state index contributed by atoms with van der Waals surface area (Å²) >= 11 is 3.97. The Kier molecular flexibility index (Phi) is 5.92. The molecule has 1 aliphatic rings. The number of nitrogens with zero attached hydrogens (tertiary/aromatic N) is 3. The van der Waals surface area contributed by atoms with Crippen LogP contribution in [0.5, 0.6) is 0 Å². The molecule has 0 radical (unpaired) electrons. The van der Waals surface area contributed by atoms with Gasteiger partial charge in [0.15, 0.2) is 0 Å². The van der Waals surface area contributed by atoms with Crippen LogP contribution in [0.1, 0.15) is 20.3 Å². The number of nitrogens with one attached hydrogen (secondary N) is 2. The van der Waals surface area contributed by atoms with Crippen molar-refractivity contribution in [3.8, 4) is 11.3 Å². The molecule has 0 amide bonds. The Morgan fingerprint density at radius 1 is 1.17 bits per heavy atom. The van der Waals surface area contributed by atoms with Crippen LogP contribution in [-0.4, -0.2) is 31.8 Å². The standard InChI is InChI=1S/C17H21N5.C6H5FS/c1-17(2)7-12(8-18-17)11-22-6-5-15-16(22)4-3-14(21-15)13-9-19-20-10-13;7-5-1-3-6(8)4-2-5/h3-6,9-10,12,18H,7-8,11H2,1-2H3,(H,19,20);1-4,8H. The number of aromatic nitrogens is 4. The molecule has 7 heteroatoms. The van der Waals surface area contributed by atoms with Gasteiger partial charge in [0.25, 0.3) is 0 Å². The number of benzene rings is 1. The highest BCUT2D eigenvalue weighted by atomic mass is 32.1. The summed E-state index contributed by atoms with van der Waals surface area (Å²) in [7, 11) is 0. The molecule has 3 aromatic heterocycles.